The molecule has 11 aromatic rings. The Bertz CT molecular complexity index is 3410. The molecule has 8 aromatic carbocycles. The van der Waals surface area contributed by atoms with Gasteiger partial charge in [-0.2, -0.15) is 0 Å². The molecule has 0 aliphatic heterocycles. The Morgan fingerprint density at radius 1 is 0.424 bits per heavy atom. The quantitative estimate of drug-likeness (QED) is 0.175. The highest BCUT2D eigenvalue weighted by Crippen LogP contribution is 2.51. The van der Waals surface area contributed by atoms with Crippen molar-refractivity contribution in [3.8, 4) is 62.1 Å². The predicted octanol–water partition coefficient (Wildman–Crippen LogP) is 13.8. The Labute approximate surface area is 340 Å². The molecule has 0 unspecified atom stereocenters. The maximum atomic E-state index is 6.78. The van der Waals surface area contributed by atoms with Crippen molar-refractivity contribution in [2.75, 3.05) is 0 Å². The van der Waals surface area contributed by atoms with Crippen molar-refractivity contribution in [3.05, 3.63) is 193 Å². The molecule has 0 atom stereocenters. The Balaban J connectivity index is 1.06. The van der Waals surface area contributed by atoms with Gasteiger partial charge in [0.2, 0.25) is 0 Å². The molecule has 5 nitrogen and oxygen atoms in total. The van der Waals surface area contributed by atoms with Crippen LogP contribution in [0.4, 0.5) is 0 Å². The van der Waals surface area contributed by atoms with Crippen molar-refractivity contribution in [1.29, 1.82) is 0 Å². The van der Waals surface area contributed by atoms with Gasteiger partial charge in [-0.25, -0.2) is 15.0 Å². The summed E-state index contributed by atoms with van der Waals surface area (Å²) in [6, 6.07) is 64.2. The molecule has 0 spiro atoms. The van der Waals surface area contributed by atoms with Crippen LogP contribution >= 0.6 is 0 Å². The summed E-state index contributed by atoms with van der Waals surface area (Å²) in [5.41, 5.74) is 15.2. The molecule has 0 saturated heterocycles. The number of hydrogen-bond donors (Lipinski definition) is 0. The third-order valence-corrected chi connectivity index (χ3v) is 12.2. The van der Waals surface area contributed by atoms with Crippen molar-refractivity contribution >= 4 is 43.7 Å². The van der Waals surface area contributed by atoms with Crippen molar-refractivity contribution < 1.29 is 4.42 Å². The normalized spacial score (nSPS) is 13.1. The van der Waals surface area contributed by atoms with Crippen LogP contribution in [-0.2, 0) is 5.41 Å². The average molecular weight is 757 g/mol. The third kappa shape index (κ3) is 5.14. The van der Waals surface area contributed by atoms with Gasteiger partial charge in [0, 0.05) is 49.3 Å². The first-order chi connectivity index (χ1) is 29.0. The summed E-state index contributed by atoms with van der Waals surface area (Å²) in [5.74, 6) is 1.91. The van der Waals surface area contributed by atoms with Gasteiger partial charge in [-0.15, -0.1) is 0 Å². The highest BCUT2D eigenvalue weighted by molar-refractivity contribution is 6.22. The number of fused-ring (bicyclic) bond motifs is 10. The van der Waals surface area contributed by atoms with E-state index < -0.39 is 0 Å². The van der Waals surface area contributed by atoms with Crippen molar-refractivity contribution in [3.63, 3.8) is 0 Å². The largest absolute Gasteiger partial charge is 0.454 e. The average Bonchev–Trinajstić information content (AvgIpc) is 3.91. The Hall–Kier alpha value is -7.63. The van der Waals surface area contributed by atoms with Gasteiger partial charge in [0.15, 0.2) is 23.1 Å². The van der Waals surface area contributed by atoms with E-state index in [1.807, 2.05) is 66.7 Å². The van der Waals surface area contributed by atoms with E-state index in [1.165, 1.54) is 33.0 Å². The smallest absolute Gasteiger partial charge is 0.164 e. The molecule has 1 aliphatic rings. The minimum absolute atomic E-state index is 0.145. The minimum Gasteiger partial charge on any atom is -0.454 e. The SMILES string of the molecule is CC1(C)c2ccccc2-c2cc3c4ccc5c6ccccc6oc5c4n(-c4cccc(-c5cccc(-c6nc(-c7ccccc7)nc(-c7ccccc7)n6)c5)c4)c3cc21. The highest BCUT2D eigenvalue weighted by Gasteiger charge is 2.36. The molecule has 3 aromatic heterocycles. The van der Waals surface area contributed by atoms with E-state index in [0.29, 0.717) is 17.5 Å². The Morgan fingerprint density at radius 3 is 1.78 bits per heavy atom. The first-order valence-electron chi connectivity index (χ1n) is 20.1. The van der Waals surface area contributed by atoms with Crippen LogP contribution in [0.15, 0.2) is 186 Å². The van der Waals surface area contributed by atoms with Crippen LogP contribution in [0.2, 0.25) is 0 Å². The number of hydrogen-bond acceptors (Lipinski definition) is 4. The zero-order valence-corrected chi connectivity index (χ0v) is 32.5. The van der Waals surface area contributed by atoms with Gasteiger partial charge in [0.1, 0.15) is 5.58 Å². The second-order valence-electron chi connectivity index (χ2n) is 16.0. The topological polar surface area (TPSA) is 56.7 Å². The standard InChI is InChI=1S/C54H36N4O/c1-54(2)45-25-11-9-23-39(45)43-31-44-41-27-28-42-40-24-10-12-26-48(40)59-50(42)49(41)58(47(44)32-46(43)54)38-22-14-20-36(30-38)35-19-13-21-37(29-35)53-56-51(33-15-5-3-6-16-33)55-52(57-53)34-17-7-4-8-18-34/h3-32H,1-2H3. The second-order valence-corrected chi connectivity index (χ2v) is 16.0. The summed E-state index contributed by atoms with van der Waals surface area (Å²) in [6.07, 6.45) is 0. The molecule has 3 heterocycles. The van der Waals surface area contributed by atoms with Crippen LogP contribution in [-0.4, -0.2) is 19.5 Å². The molecule has 278 valence electrons. The van der Waals surface area contributed by atoms with E-state index in [4.69, 9.17) is 19.4 Å². The maximum absolute atomic E-state index is 6.78. The second kappa shape index (κ2) is 12.7. The van der Waals surface area contributed by atoms with Crippen molar-refractivity contribution in [2.45, 2.75) is 19.3 Å². The predicted molar refractivity (Wildman–Crippen MR) is 241 cm³/mol. The number of nitrogens with zero attached hydrogens (tertiary/aromatic N) is 4. The minimum atomic E-state index is -0.145. The molecule has 59 heavy (non-hydrogen) atoms. The lowest BCUT2D eigenvalue weighted by Crippen LogP contribution is -2.14. The number of benzene rings is 8. The van der Waals surface area contributed by atoms with Gasteiger partial charge in [0.05, 0.1) is 11.0 Å². The summed E-state index contributed by atoms with van der Waals surface area (Å²) in [7, 11) is 0. The van der Waals surface area contributed by atoms with Crippen LogP contribution in [0.5, 0.6) is 0 Å². The first-order valence-corrected chi connectivity index (χ1v) is 20.1. The van der Waals surface area contributed by atoms with E-state index in [2.05, 4.69) is 134 Å². The Morgan fingerprint density at radius 2 is 1.02 bits per heavy atom. The highest BCUT2D eigenvalue weighted by atomic mass is 16.3. The van der Waals surface area contributed by atoms with Crippen LogP contribution in [0.25, 0.3) is 106 Å². The van der Waals surface area contributed by atoms with Crippen LogP contribution in [0.3, 0.4) is 0 Å². The Kier molecular flexibility index (Phi) is 7.20. The lowest BCUT2D eigenvalue weighted by Gasteiger charge is -2.21. The van der Waals surface area contributed by atoms with E-state index in [9.17, 15) is 0 Å². The molecular weight excluding hydrogens is 721 g/mol. The van der Waals surface area contributed by atoms with Crippen LogP contribution in [0, 0.1) is 0 Å². The van der Waals surface area contributed by atoms with Gasteiger partial charge in [-0.1, -0.05) is 153 Å². The number of para-hydroxylation sites is 1. The molecule has 0 amide bonds. The fourth-order valence-electron chi connectivity index (χ4n) is 9.34. The van der Waals surface area contributed by atoms with Crippen molar-refractivity contribution in [1.82, 2.24) is 19.5 Å². The summed E-state index contributed by atoms with van der Waals surface area (Å²) in [6.45, 7) is 4.69. The summed E-state index contributed by atoms with van der Waals surface area (Å²) in [5, 5.41) is 4.61. The third-order valence-electron chi connectivity index (χ3n) is 12.2. The molecule has 0 radical (unpaired) electrons. The molecule has 5 heteroatoms. The molecule has 0 saturated carbocycles. The van der Waals surface area contributed by atoms with E-state index >= 15 is 0 Å². The molecule has 0 N–H and O–H groups in total. The maximum Gasteiger partial charge on any atom is 0.164 e. The molecule has 0 bridgehead atoms. The zero-order valence-electron chi connectivity index (χ0n) is 32.5. The zero-order chi connectivity index (χ0) is 39.2. The number of rotatable bonds is 5. The van der Waals surface area contributed by atoms with Crippen LogP contribution < -0.4 is 0 Å². The fraction of sp³-hybridized carbons (Fsp3) is 0.0556. The van der Waals surface area contributed by atoms with Gasteiger partial charge in [-0.3, -0.25) is 0 Å². The van der Waals surface area contributed by atoms with E-state index in [1.54, 1.807) is 0 Å². The monoisotopic (exact) mass is 756 g/mol. The summed E-state index contributed by atoms with van der Waals surface area (Å²) < 4.78 is 9.20. The first kappa shape index (κ1) is 33.5. The van der Waals surface area contributed by atoms with Gasteiger partial charge < -0.3 is 8.98 Å². The van der Waals surface area contributed by atoms with Gasteiger partial charge in [-0.05, 0) is 75.8 Å². The molecular formula is C54H36N4O. The number of aromatic nitrogens is 4. The van der Waals surface area contributed by atoms with Gasteiger partial charge >= 0.3 is 0 Å². The van der Waals surface area contributed by atoms with E-state index in [0.717, 1.165) is 66.5 Å². The van der Waals surface area contributed by atoms with E-state index in [-0.39, 0.29) is 5.41 Å². The van der Waals surface area contributed by atoms with Crippen LogP contribution in [0.1, 0.15) is 25.0 Å². The lowest BCUT2D eigenvalue weighted by atomic mass is 9.82. The summed E-state index contributed by atoms with van der Waals surface area (Å²) >= 11 is 0. The molecule has 12 rings (SSSR count). The fourth-order valence-corrected chi connectivity index (χ4v) is 9.34. The van der Waals surface area contributed by atoms with Gasteiger partial charge in [0.25, 0.3) is 0 Å². The molecule has 1 aliphatic carbocycles. The van der Waals surface area contributed by atoms with Crippen molar-refractivity contribution in [2.24, 2.45) is 0 Å². The molecule has 0 fully saturated rings. The number of furan rings is 1. The lowest BCUT2D eigenvalue weighted by molar-refractivity contribution is 0.661. The summed E-state index contributed by atoms with van der Waals surface area (Å²) in [4.78, 5) is 15.0.